The van der Waals surface area contributed by atoms with Crippen molar-refractivity contribution in [2.75, 3.05) is 5.73 Å². The van der Waals surface area contributed by atoms with Gasteiger partial charge in [-0.25, -0.2) is 0 Å². The van der Waals surface area contributed by atoms with Crippen LogP contribution in [0.4, 0.5) is 5.95 Å². The number of hydrogen-bond donors (Lipinski definition) is 2. The summed E-state index contributed by atoms with van der Waals surface area (Å²) in [4.78, 5) is 11.8. The lowest BCUT2D eigenvalue weighted by Gasteiger charge is -2.29. The first-order valence-corrected chi connectivity index (χ1v) is 8.82. The summed E-state index contributed by atoms with van der Waals surface area (Å²) in [5, 5.41) is 9.66. The van der Waals surface area contributed by atoms with Crippen molar-refractivity contribution >= 4 is 5.95 Å². The number of fused-ring (bicyclic) bond motifs is 1. The van der Waals surface area contributed by atoms with E-state index in [4.69, 9.17) is 10.5 Å². The van der Waals surface area contributed by atoms with Gasteiger partial charge < -0.3 is 15.6 Å². The van der Waals surface area contributed by atoms with Crippen LogP contribution >= 0.6 is 0 Å². The SMILES string of the molecule is CC1CCC2C(C)(C)C2(Oc2ccccc2-c2nc(N)nc(O)n2)C1. The summed E-state index contributed by atoms with van der Waals surface area (Å²) in [7, 11) is 0. The summed E-state index contributed by atoms with van der Waals surface area (Å²) in [6.07, 6.45) is 3.53. The Bertz CT molecular complexity index is 803. The van der Waals surface area contributed by atoms with E-state index >= 15 is 0 Å². The van der Waals surface area contributed by atoms with E-state index < -0.39 is 0 Å². The molecule has 25 heavy (non-hydrogen) atoms. The molecule has 3 N–H and O–H groups in total. The van der Waals surface area contributed by atoms with Gasteiger partial charge in [0.25, 0.3) is 0 Å². The monoisotopic (exact) mass is 340 g/mol. The van der Waals surface area contributed by atoms with E-state index in [1.165, 1.54) is 12.8 Å². The third-order valence-corrected chi connectivity index (χ3v) is 6.10. The maximum absolute atomic E-state index is 9.66. The molecule has 2 aromatic rings. The van der Waals surface area contributed by atoms with Gasteiger partial charge in [-0.3, -0.25) is 0 Å². The molecule has 1 heterocycles. The molecule has 3 unspecified atom stereocenters. The fourth-order valence-corrected chi connectivity index (χ4v) is 4.68. The van der Waals surface area contributed by atoms with Gasteiger partial charge in [0.1, 0.15) is 11.4 Å². The molecule has 2 aliphatic rings. The third kappa shape index (κ3) is 2.42. The van der Waals surface area contributed by atoms with E-state index in [0.29, 0.717) is 17.7 Å². The van der Waals surface area contributed by atoms with Gasteiger partial charge in [0.05, 0.1) is 5.56 Å². The van der Waals surface area contributed by atoms with Crippen molar-refractivity contribution in [3.8, 4) is 23.1 Å². The molecule has 132 valence electrons. The first kappa shape index (κ1) is 16.1. The second-order valence-corrected chi connectivity index (χ2v) is 7.97. The van der Waals surface area contributed by atoms with Crippen LogP contribution < -0.4 is 10.5 Å². The minimum atomic E-state index is -0.383. The number of aromatic nitrogens is 3. The van der Waals surface area contributed by atoms with Crippen LogP contribution in [0.3, 0.4) is 0 Å². The molecule has 0 amide bonds. The zero-order valence-electron chi connectivity index (χ0n) is 14.9. The van der Waals surface area contributed by atoms with Crippen LogP contribution in [0.15, 0.2) is 24.3 Å². The molecular weight excluding hydrogens is 316 g/mol. The van der Waals surface area contributed by atoms with Crippen molar-refractivity contribution < 1.29 is 9.84 Å². The molecular formula is C19H24N4O2. The van der Waals surface area contributed by atoms with Crippen molar-refractivity contribution in [2.45, 2.75) is 45.6 Å². The maximum atomic E-state index is 9.66. The number of hydrogen-bond acceptors (Lipinski definition) is 6. The second-order valence-electron chi connectivity index (χ2n) is 7.97. The molecule has 6 nitrogen and oxygen atoms in total. The van der Waals surface area contributed by atoms with Gasteiger partial charge in [-0.05, 0) is 30.9 Å². The molecule has 1 aromatic heterocycles. The number of nitrogen functional groups attached to an aromatic ring is 1. The van der Waals surface area contributed by atoms with Crippen molar-refractivity contribution in [1.29, 1.82) is 0 Å². The zero-order valence-corrected chi connectivity index (χ0v) is 14.9. The highest BCUT2D eigenvalue weighted by molar-refractivity contribution is 5.65. The molecule has 2 saturated carbocycles. The quantitative estimate of drug-likeness (QED) is 0.889. The number of anilines is 1. The smallest absolute Gasteiger partial charge is 0.319 e. The van der Waals surface area contributed by atoms with Crippen molar-refractivity contribution in [3.05, 3.63) is 24.3 Å². The van der Waals surface area contributed by atoms with Crippen LogP contribution in [0.5, 0.6) is 11.8 Å². The lowest BCUT2D eigenvalue weighted by atomic mass is 9.88. The Morgan fingerprint density at radius 3 is 2.68 bits per heavy atom. The maximum Gasteiger partial charge on any atom is 0.319 e. The topological polar surface area (TPSA) is 94.2 Å². The van der Waals surface area contributed by atoms with E-state index in [9.17, 15) is 5.11 Å². The third-order valence-electron chi connectivity index (χ3n) is 6.10. The predicted octanol–water partition coefficient (Wildman–Crippen LogP) is 3.42. The molecule has 0 bridgehead atoms. The first-order chi connectivity index (χ1) is 11.8. The summed E-state index contributed by atoms with van der Waals surface area (Å²) in [6, 6.07) is 7.28. The Kier molecular flexibility index (Phi) is 3.42. The summed E-state index contributed by atoms with van der Waals surface area (Å²) in [6.45, 7) is 6.89. The highest BCUT2D eigenvalue weighted by Crippen LogP contribution is 2.70. The summed E-state index contributed by atoms with van der Waals surface area (Å²) in [5.41, 5.74) is 6.41. The number of rotatable bonds is 3. The van der Waals surface area contributed by atoms with E-state index in [0.717, 1.165) is 17.7 Å². The Morgan fingerprint density at radius 1 is 1.16 bits per heavy atom. The number of para-hydroxylation sites is 1. The first-order valence-electron chi connectivity index (χ1n) is 8.82. The van der Waals surface area contributed by atoms with Crippen LogP contribution in [0.25, 0.3) is 11.4 Å². The minimum absolute atomic E-state index is 0.00798. The largest absolute Gasteiger partial charge is 0.486 e. The molecule has 0 spiro atoms. The van der Waals surface area contributed by atoms with Gasteiger partial charge in [0.2, 0.25) is 5.95 Å². The predicted molar refractivity (Wildman–Crippen MR) is 95.0 cm³/mol. The molecule has 3 atom stereocenters. The fourth-order valence-electron chi connectivity index (χ4n) is 4.68. The number of nitrogens with two attached hydrogens (primary N) is 1. The van der Waals surface area contributed by atoms with E-state index in [1.807, 2.05) is 24.3 Å². The highest BCUT2D eigenvalue weighted by atomic mass is 16.5. The van der Waals surface area contributed by atoms with Crippen LogP contribution in [0.2, 0.25) is 0 Å². The van der Waals surface area contributed by atoms with E-state index in [1.54, 1.807) is 0 Å². The van der Waals surface area contributed by atoms with Crippen LogP contribution in [0, 0.1) is 17.3 Å². The second kappa shape index (κ2) is 5.31. The van der Waals surface area contributed by atoms with Crippen molar-refractivity contribution in [3.63, 3.8) is 0 Å². The molecule has 0 saturated heterocycles. The Balaban J connectivity index is 1.73. The van der Waals surface area contributed by atoms with Gasteiger partial charge in [-0.15, -0.1) is 0 Å². The summed E-state index contributed by atoms with van der Waals surface area (Å²) in [5.74, 6) is 2.28. The van der Waals surface area contributed by atoms with Gasteiger partial charge in [0, 0.05) is 11.3 Å². The van der Waals surface area contributed by atoms with Gasteiger partial charge in [-0.2, -0.15) is 15.0 Å². The number of ether oxygens (including phenoxy) is 1. The molecule has 2 aliphatic carbocycles. The van der Waals surface area contributed by atoms with Crippen LogP contribution in [0.1, 0.15) is 40.0 Å². The fraction of sp³-hybridized carbons (Fsp3) is 0.526. The van der Waals surface area contributed by atoms with Crippen molar-refractivity contribution in [1.82, 2.24) is 15.0 Å². The molecule has 0 radical (unpaired) electrons. The average molecular weight is 340 g/mol. The summed E-state index contributed by atoms with van der Waals surface area (Å²) >= 11 is 0. The van der Waals surface area contributed by atoms with Gasteiger partial charge in [0.15, 0.2) is 5.82 Å². The minimum Gasteiger partial charge on any atom is -0.486 e. The number of nitrogens with zero attached hydrogens (tertiary/aromatic N) is 3. The lowest BCUT2D eigenvalue weighted by molar-refractivity contribution is 0.0853. The summed E-state index contributed by atoms with van der Waals surface area (Å²) < 4.78 is 6.64. The molecule has 2 fully saturated rings. The van der Waals surface area contributed by atoms with Crippen LogP contribution in [-0.4, -0.2) is 25.7 Å². The molecule has 1 aromatic carbocycles. The molecule has 6 heteroatoms. The van der Waals surface area contributed by atoms with Gasteiger partial charge >= 0.3 is 6.01 Å². The number of aromatic hydroxyl groups is 1. The van der Waals surface area contributed by atoms with Crippen LogP contribution in [-0.2, 0) is 0 Å². The lowest BCUT2D eigenvalue weighted by Crippen LogP contribution is -2.31. The zero-order chi connectivity index (χ0) is 17.8. The molecule has 0 aliphatic heterocycles. The van der Waals surface area contributed by atoms with E-state index in [-0.39, 0.29) is 23.0 Å². The van der Waals surface area contributed by atoms with Gasteiger partial charge in [-0.1, -0.05) is 39.3 Å². The Hall–Kier alpha value is -2.37. The average Bonchev–Trinajstić information content (AvgIpc) is 3.00. The highest BCUT2D eigenvalue weighted by Gasteiger charge is 2.74. The Labute approximate surface area is 147 Å². The van der Waals surface area contributed by atoms with Crippen molar-refractivity contribution in [2.24, 2.45) is 17.3 Å². The number of benzene rings is 1. The standard InChI is InChI=1S/C19H24N4O2/c1-11-8-9-14-18(2,3)19(14,10-11)25-13-7-5-4-6-12(13)15-21-16(20)23-17(24)22-15/h4-7,11,14H,8-10H2,1-3H3,(H3,20,21,22,23,24). The Morgan fingerprint density at radius 2 is 1.92 bits per heavy atom. The van der Waals surface area contributed by atoms with E-state index in [2.05, 4.69) is 35.7 Å². The normalized spacial score (nSPS) is 29.7. The molecule has 4 rings (SSSR count).